The number of piperazine rings is 1. The maximum atomic E-state index is 13.4. The third-order valence-electron chi connectivity index (χ3n) is 6.86. The Labute approximate surface area is 224 Å². The lowest BCUT2D eigenvalue weighted by molar-refractivity contribution is -0.274. The Bertz CT molecular complexity index is 1420. The summed E-state index contributed by atoms with van der Waals surface area (Å²) in [6, 6.07) is 17.2. The number of anilines is 2. The lowest BCUT2D eigenvalue weighted by Crippen LogP contribution is -2.50. The summed E-state index contributed by atoms with van der Waals surface area (Å²) in [6.45, 7) is 5.44. The highest BCUT2D eigenvalue weighted by Crippen LogP contribution is 2.40. The number of alkyl halides is 3. The summed E-state index contributed by atoms with van der Waals surface area (Å²) in [5.41, 5.74) is 4.52. The van der Waals surface area contributed by atoms with E-state index in [0.29, 0.717) is 25.2 Å². The van der Waals surface area contributed by atoms with E-state index in [1.807, 2.05) is 68.5 Å². The zero-order chi connectivity index (χ0) is 27.7. The fourth-order valence-electron chi connectivity index (χ4n) is 5.14. The monoisotopic (exact) mass is 535 g/mol. The first-order valence-electron chi connectivity index (χ1n) is 12.7. The average Bonchev–Trinajstić information content (AvgIpc) is 2.90. The van der Waals surface area contributed by atoms with Crippen LogP contribution in [-0.4, -0.2) is 60.7 Å². The summed E-state index contributed by atoms with van der Waals surface area (Å²) in [6.07, 6.45) is -1.15. The first-order chi connectivity index (χ1) is 18.6. The van der Waals surface area contributed by atoms with Gasteiger partial charge < -0.3 is 19.4 Å². The predicted octanol–water partition coefficient (Wildman–Crippen LogP) is 5.97. The van der Waals surface area contributed by atoms with E-state index in [-0.39, 0.29) is 30.2 Å². The summed E-state index contributed by atoms with van der Waals surface area (Å²) in [5.74, 6) is -0.955. The van der Waals surface area contributed by atoms with Crippen molar-refractivity contribution in [2.45, 2.75) is 20.2 Å². The lowest BCUT2D eigenvalue weighted by atomic mass is 10.1. The molecule has 0 spiro atoms. The molecule has 0 unspecified atom stereocenters. The molecule has 0 aliphatic carbocycles. The second kappa shape index (κ2) is 10.5. The first kappa shape index (κ1) is 26.3. The molecule has 0 aromatic heterocycles. The van der Waals surface area contributed by atoms with E-state index < -0.39 is 18.0 Å². The molecule has 0 bridgehead atoms. The van der Waals surface area contributed by atoms with Crippen LogP contribution < -0.4 is 9.64 Å². The minimum absolute atomic E-state index is 0.0907. The van der Waals surface area contributed by atoms with E-state index in [1.165, 1.54) is 12.1 Å². The van der Waals surface area contributed by atoms with Gasteiger partial charge in [-0.1, -0.05) is 47.5 Å². The van der Waals surface area contributed by atoms with E-state index in [0.717, 1.165) is 28.4 Å². The Morgan fingerprint density at radius 1 is 0.769 bits per heavy atom. The molecule has 0 radical (unpaired) electrons. The van der Waals surface area contributed by atoms with Gasteiger partial charge >= 0.3 is 6.36 Å². The zero-order valence-electron chi connectivity index (χ0n) is 21.7. The lowest BCUT2D eigenvalue weighted by Gasteiger charge is -2.35. The van der Waals surface area contributed by atoms with Crippen molar-refractivity contribution < 1.29 is 27.5 Å². The topological polar surface area (TPSA) is 53.1 Å². The number of carbonyl (C=O) groups excluding carboxylic acids is 2. The van der Waals surface area contributed by atoms with Crippen molar-refractivity contribution >= 4 is 29.3 Å². The van der Waals surface area contributed by atoms with Crippen molar-refractivity contribution in [3.05, 3.63) is 94.6 Å². The number of rotatable bonds is 4. The van der Waals surface area contributed by atoms with Crippen LogP contribution in [0.25, 0.3) is 6.08 Å². The molecule has 9 heteroatoms. The quantitative estimate of drug-likeness (QED) is 0.414. The summed E-state index contributed by atoms with van der Waals surface area (Å²) in [4.78, 5) is 31.3. The number of nitrogens with zero attached hydrogens (tertiary/aromatic N) is 3. The van der Waals surface area contributed by atoms with Crippen molar-refractivity contribution in [1.82, 2.24) is 9.80 Å². The molecule has 3 aromatic carbocycles. The highest BCUT2D eigenvalue weighted by atomic mass is 19.4. The Hall–Kier alpha value is -4.27. The Kier molecular flexibility index (Phi) is 7.08. The number of benzene rings is 3. The van der Waals surface area contributed by atoms with Crippen molar-refractivity contribution in [2.75, 3.05) is 37.6 Å². The summed E-state index contributed by atoms with van der Waals surface area (Å²) in [7, 11) is 0. The number of halogens is 3. The van der Waals surface area contributed by atoms with E-state index in [2.05, 4.69) is 4.74 Å². The molecule has 0 atom stereocenters. The smallest absolute Gasteiger partial charge is 0.404 e. The van der Waals surface area contributed by atoms with E-state index in [9.17, 15) is 22.8 Å². The number of amides is 2. The molecule has 2 aliphatic heterocycles. The van der Waals surface area contributed by atoms with Gasteiger partial charge in [0, 0.05) is 49.5 Å². The second-order valence-corrected chi connectivity index (χ2v) is 9.76. The predicted molar refractivity (Wildman–Crippen MR) is 143 cm³/mol. The largest absolute Gasteiger partial charge is 0.573 e. The van der Waals surface area contributed by atoms with Gasteiger partial charge in [-0.15, -0.1) is 13.2 Å². The minimum Gasteiger partial charge on any atom is -0.404 e. The molecular formula is C30H28F3N3O3. The van der Waals surface area contributed by atoms with E-state index in [1.54, 1.807) is 14.7 Å². The van der Waals surface area contributed by atoms with Crippen LogP contribution in [0.4, 0.5) is 24.5 Å². The van der Waals surface area contributed by atoms with Crippen LogP contribution in [-0.2, 0) is 0 Å². The molecule has 0 saturated carbocycles. The number of hydrogen-bond donors (Lipinski definition) is 0. The summed E-state index contributed by atoms with van der Waals surface area (Å²) >= 11 is 0. The van der Waals surface area contributed by atoms with Gasteiger partial charge in [0.25, 0.3) is 11.8 Å². The van der Waals surface area contributed by atoms with Crippen LogP contribution in [0.15, 0.2) is 66.7 Å². The summed E-state index contributed by atoms with van der Waals surface area (Å²) < 4.78 is 44.6. The second-order valence-electron chi connectivity index (χ2n) is 9.76. The molecule has 2 heterocycles. The van der Waals surface area contributed by atoms with Crippen LogP contribution in [0.1, 0.15) is 37.4 Å². The number of hydrogen-bond acceptors (Lipinski definition) is 4. The Morgan fingerprint density at radius 3 is 2.03 bits per heavy atom. The van der Waals surface area contributed by atoms with Crippen molar-refractivity contribution in [2.24, 2.45) is 0 Å². The van der Waals surface area contributed by atoms with Gasteiger partial charge in [-0.25, -0.2) is 0 Å². The van der Waals surface area contributed by atoms with Gasteiger partial charge in [-0.3, -0.25) is 9.59 Å². The van der Waals surface area contributed by atoms with Crippen LogP contribution >= 0.6 is 0 Å². The van der Waals surface area contributed by atoms with Gasteiger partial charge in [0.1, 0.15) is 0 Å². The molecule has 6 nitrogen and oxygen atoms in total. The van der Waals surface area contributed by atoms with Gasteiger partial charge in [0.05, 0.1) is 5.69 Å². The molecule has 2 amide bonds. The first-order valence-corrected chi connectivity index (χ1v) is 12.7. The zero-order valence-corrected chi connectivity index (χ0v) is 21.7. The Morgan fingerprint density at radius 2 is 1.38 bits per heavy atom. The molecule has 1 fully saturated rings. The van der Waals surface area contributed by atoms with Gasteiger partial charge in [-0.05, 0) is 55.8 Å². The molecule has 39 heavy (non-hydrogen) atoms. The molecule has 202 valence electrons. The molecule has 2 aliphatic rings. The minimum atomic E-state index is -4.93. The normalized spacial score (nSPS) is 15.3. The van der Waals surface area contributed by atoms with Gasteiger partial charge in [0.15, 0.2) is 5.75 Å². The molecule has 3 aromatic rings. The third-order valence-corrected chi connectivity index (χ3v) is 6.86. The van der Waals surface area contributed by atoms with Crippen molar-refractivity contribution in [3.63, 3.8) is 0 Å². The van der Waals surface area contributed by atoms with E-state index in [4.69, 9.17) is 0 Å². The number of carbonyl (C=O) groups is 2. The molecule has 0 N–H and O–H groups in total. The molecule has 5 rings (SSSR count). The fraction of sp³-hybridized carbons (Fsp3) is 0.267. The fourth-order valence-corrected chi connectivity index (χ4v) is 5.14. The molecular weight excluding hydrogens is 507 g/mol. The maximum Gasteiger partial charge on any atom is 0.573 e. The summed E-state index contributed by atoms with van der Waals surface area (Å²) in [5, 5.41) is 0. The number of ether oxygens (including phenoxy) is 1. The SMILES string of the molecule is Cc1cc(C)cc(C(=O)N2CCN(C(=O)c3ccc(N4CC=Cc5ccccc54)c(OC(F)(F)F)c3)CC2)c1. The van der Waals surface area contributed by atoms with Crippen LogP contribution in [0, 0.1) is 13.8 Å². The van der Waals surface area contributed by atoms with E-state index >= 15 is 0 Å². The Balaban J connectivity index is 1.35. The van der Waals surface area contributed by atoms with Gasteiger partial charge in [0.2, 0.25) is 0 Å². The van der Waals surface area contributed by atoms with Gasteiger partial charge in [-0.2, -0.15) is 0 Å². The number of aryl methyl sites for hydroxylation is 2. The van der Waals surface area contributed by atoms with Crippen molar-refractivity contribution in [3.8, 4) is 5.75 Å². The number of fused-ring (bicyclic) bond motifs is 1. The number of para-hydroxylation sites is 1. The van der Waals surface area contributed by atoms with Crippen LogP contribution in [0.5, 0.6) is 5.75 Å². The maximum absolute atomic E-state index is 13.4. The third kappa shape index (κ3) is 5.77. The molecule has 1 saturated heterocycles. The average molecular weight is 536 g/mol. The van der Waals surface area contributed by atoms with Crippen molar-refractivity contribution in [1.29, 1.82) is 0 Å². The standard InChI is InChI=1S/C30H28F3N3O3/c1-20-16-21(2)18-24(17-20)29(38)35-14-12-34(13-15-35)28(37)23-9-10-26(27(19-23)39-30(31,32)33)36-11-5-7-22-6-3-4-8-25(22)36/h3-10,16-19H,11-15H2,1-2H3. The van der Waals surface area contributed by atoms with Crippen LogP contribution in [0.3, 0.4) is 0 Å². The van der Waals surface area contributed by atoms with Crippen LogP contribution in [0.2, 0.25) is 0 Å². The highest BCUT2D eigenvalue weighted by molar-refractivity contribution is 5.97. The highest BCUT2D eigenvalue weighted by Gasteiger charge is 2.34.